The van der Waals surface area contributed by atoms with Crippen LogP contribution in [0.3, 0.4) is 0 Å². The Kier molecular flexibility index (Phi) is 10.8. The molecular weight excluding hydrogens is 561 g/mol. The first-order valence-electron chi connectivity index (χ1n) is 13.0. The molecule has 2 unspecified atom stereocenters. The molecule has 0 aliphatic carbocycles. The maximum absolute atomic E-state index is 13.2. The second-order valence-corrected chi connectivity index (χ2v) is 31.0. The standard InChI is InChI=1S/C24H48O10Si4/c1-23(2,21(27)28)17-18(20(26)31-19(17)25)24(3,4)22(29)30-15-14-16-38(32-35(5,6)7,33-36(8,9)10)34-37(11,12)13/h17-18H,14-16H2,1-13H3,(H,27,28). The molecule has 38 heavy (non-hydrogen) atoms. The number of carbonyl (C=O) groups is 4. The Morgan fingerprint density at radius 3 is 1.47 bits per heavy atom. The summed E-state index contributed by atoms with van der Waals surface area (Å²) in [6.45, 7) is 24.5. The Labute approximate surface area is 231 Å². The summed E-state index contributed by atoms with van der Waals surface area (Å²) < 4.78 is 30.3. The number of aliphatic carboxylic acids is 1. The van der Waals surface area contributed by atoms with Gasteiger partial charge in [0.2, 0.25) is 0 Å². The van der Waals surface area contributed by atoms with Gasteiger partial charge in [-0.15, -0.1) is 0 Å². The Bertz CT molecular complexity index is 872. The van der Waals surface area contributed by atoms with Gasteiger partial charge in [0.15, 0.2) is 25.0 Å². The van der Waals surface area contributed by atoms with Gasteiger partial charge in [-0.25, -0.2) is 0 Å². The van der Waals surface area contributed by atoms with E-state index >= 15 is 0 Å². The fourth-order valence-electron chi connectivity index (χ4n) is 4.44. The van der Waals surface area contributed by atoms with Gasteiger partial charge in [0.1, 0.15) is 0 Å². The van der Waals surface area contributed by atoms with Crippen LogP contribution in [-0.2, 0) is 41.0 Å². The SMILES string of the molecule is CC(C)(C(=O)O)C1C(=O)OC(=O)C1C(C)(C)C(=O)OCCC[Si](O[Si](C)(C)C)(O[Si](C)(C)C)O[Si](C)(C)C. The molecule has 0 bridgehead atoms. The smallest absolute Gasteiger partial charge is 0.469 e. The van der Waals surface area contributed by atoms with Gasteiger partial charge in [-0.1, -0.05) is 0 Å². The van der Waals surface area contributed by atoms with E-state index in [1.54, 1.807) is 0 Å². The van der Waals surface area contributed by atoms with Crippen LogP contribution >= 0.6 is 0 Å². The fourth-order valence-corrected chi connectivity index (χ4v) is 19.1. The van der Waals surface area contributed by atoms with E-state index in [1.807, 2.05) is 0 Å². The van der Waals surface area contributed by atoms with E-state index in [-0.39, 0.29) is 6.61 Å². The number of carboxylic acid groups (broad SMARTS) is 1. The number of esters is 3. The number of rotatable bonds is 14. The summed E-state index contributed by atoms with van der Waals surface area (Å²) >= 11 is 0. The Hall–Kier alpha value is -1.17. The molecule has 0 aromatic heterocycles. The summed E-state index contributed by atoms with van der Waals surface area (Å²) in [5, 5.41) is 9.66. The van der Waals surface area contributed by atoms with Crippen LogP contribution in [0, 0.1) is 22.7 Å². The topological polar surface area (TPSA) is 135 Å². The number of carboxylic acids is 1. The van der Waals surface area contributed by atoms with E-state index in [9.17, 15) is 24.3 Å². The number of cyclic esters (lactones) is 2. The molecule has 14 heteroatoms. The predicted octanol–water partition coefficient (Wildman–Crippen LogP) is 4.87. The van der Waals surface area contributed by atoms with Crippen molar-refractivity contribution in [3.8, 4) is 0 Å². The summed E-state index contributed by atoms with van der Waals surface area (Å²) in [7, 11) is -9.27. The summed E-state index contributed by atoms with van der Waals surface area (Å²) in [4.78, 5) is 50.1. The molecule has 1 saturated heterocycles. The van der Waals surface area contributed by atoms with Crippen LogP contribution in [0.1, 0.15) is 34.1 Å². The van der Waals surface area contributed by atoms with Crippen molar-refractivity contribution in [1.29, 1.82) is 0 Å². The molecule has 1 fully saturated rings. The zero-order chi connectivity index (χ0) is 30.1. The van der Waals surface area contributed by atoms with Gasteiger partial charge >= 0.3 is 32.7 Å². The van der Waals surface area contributed by atoms with Gasteiger partial charge in [0, 0.05) is 6.04 Å². The maximum Gasteiger partial charge on any atom is 0.469 e. The molecule has 0 aromatic carbocycles. The molecule has 1 N–H and O–H groups in total. The van der Waals surface area contributed by atoms with Gasteiger partial charge in [-0.2, -0.15) is 0 Å². The molecule has 10 nitrogen and oxygen atoms in total. The highest BCUT2D eigenvalue weighted by Gasteiger charge is 2.62. The quantitative estimate of drug-likeness (QED) is 0.126. The van der Waals surface area contributed by atoms with Gasteiger partial charge in [-0.3, -0.25) is 19.2 Å². The molecule has 1 aliphatic heterocycles. The Morgan fingerprint density at radius 2 is 1.13 bits per heavy atom. The normalized spacial score (nSPS) is 19.9. The van der Waals surface area contributed by atoms with Gasteiger partial charge in [-0.05, 0) is 93.0 Å². The zero-order valence-corrected chi connectivity index (χ0v) is 29.4. The molecule has 0 aromatic rings. The molecule has 1 rings (SSSR count). The van der Waals surface area contributed by atoms with Gasteiger partial charge < -0.3 is 26.9 Å². The Balaban J connectivity index is 3.11. The molecule has 220 valence electrons. The summed E-state index contributed by atoms with van der Waals surface area (Å²) in [6.07, 6.45) is 0.422. The van der Waals surface area contributed by atoms with Crippen LogP contribution < -0.4 is 0 Å². The fraction of sp³-hybridized carbons (Fsp3) is 0.833. The number of ether oxygens (including phenoxy) is 2. The van der Waals surface area contributed by atoms with Crippen molar-refractivity contribution < 1.29 is 46.1 Å². The third-order valence-corrected chi connectivity index (χ3v) is 18.0. The maximum atomic E-state index is 13.2. The van der Waals surface area contributed by atoms with Crippen LogP contribution in [0.15, 0.2) is 0 Å². The van der Waals surface area contributed by atoms with E-state index in [0.29, 0.717) is 12.5 Å². The number of hydrogen-bond acceptors (Lipinski definition) is 9. The minimum Gasteiger partial charge on any atom is -0.481 e. The van der Waals surface area contributed by atoms with Crippen LogP contribution in [0.4, 0.5) is 0 Å². The zero-order valence-electron chi connectivity index (χ0n) is 25.4. The van der Waals surface area contributed by atoms with E-state index in [2.05, 4.69) is 58.9 Å². The van der Waals surface area contributed by atoms with E-state index in [4.69, 9.17) is 21.8 Å². The summed E-state index contributed by atoms with van der Waals surface area (Å²) in [6, 6.07) is 0.470. The van der Waals surface area contributed by atoms with Crippen molar-refractivity contribution in [2.24, 2.45) is 22.7 Å². The molecular formula is C24H48O10Si4. The lowest BCUT2D eigenvalue weighted by Crippen LogP contribution is -2.60. The van der Waals surface area contributed by atoms with Crippen LogP contribution in [0.25, 0.3) is 0 Å². The second kappa shape index (κ2) is 11.7. The second-order valence-electron chi connectivity index (χ2n) is 14.0. The van der Waals surface area contributed by atoms with Crippen molar-refractivity contribution in [1.82, 2.24) is 0 Å². The lowest BCUT2D eigenvalue weighted by atomic mass is 9.64. The van der Waals surface area contributed by atoms with E-state index < -0.39 is 80.3 Å². The monoisotopic (exact) mass is 608 g/mol. The molecule has 0 radical (unpaired) electrons. The molecule has 0 saturated carbocycles. The van der Waals surface area contributed by atoms with Crippen LogP contribution in [0.2, 0.25) is 65.0 Å². The largest absolute Gasteiger partial charge is 0.481 e. The highest BCUT2D eigenvalue weighted by atomic mass is 28.5. The van der Waals surface area contributed by atoms with Crippen molar-refractivity contribution in [3.63, 3.8) is 0 Å². The predicted molar refractivity (Wildman–Crippen MR) is 153 cm³/mol. The first-order chi connectivity index (χ1) is 16.7. The Morgan fingerprint density at radius 1 is 0.763 bits per heavy atom. The van der Waals surface area contributed by atoms with Gasteiger partial charge in [0.05, 0.1) is 29.3 Å². The van der Waals surface area contributed by atoms with Crippen molar-refractivity contribution >= 4 is 57.6 Å². The molecule has 1 aliphatic rings. The average molecular weight is 609 g/mol. The molecule has 2 atom stereocenters. The highest BCUT2D eigenvalue weighted by Crippen LogP contribution is 2.47. The van der Waals surface area contributed by atoms with Gasteiger partial charge in [0.25, 0.3) is 0 Å². The number of hydrogen-bond donors (Lipinski definition) is 1. The van der Waals surface area contributed by atoms with E-state index in [1.165, 1.54) is 27.7 Å². The molecule has 1 heterocycles. The molecule has 0 amide bonds. The first-order valence-corrected chi connectivity index (χ1v) is 25.2. The third-order valence-electron chi connectivity index (χ3n) is 5.92. The van der Waals surface area contributed by atoms with Crippen molar-refractivity contribution in [3.05, 3.63) is 0 Å². The van der Waals surface area contributed by atoms with Crippen molar-refractivity contribution in [2.45, 2.75) is 99.1 Å². The van der Waals surface area contributed by atoms with E-state index in [0.717, 1.165) is 0 Å². The lowest BCUT2D eigenvalue weighted by Gasteiger charge is -2.43. The minimum absolute atomic E-state index is 0.0267. The molecule has 0 spiro atoms. The van der Waals surface area contributed by atoms with Crippen LogP contribution in [0.5, 0.6) is 0 Å². The van der Waals surface area contributed by atoms with Crippen molar-refractivity contribution in [2.75, 3.05) is 6.61 Å². The minimum atomic E-state index is -3.10. The summed E-state index contributed by atoms with van der Waals surface area (Å²) in [5.74, 6) is -6.45. The lowest BCUT2D eigenvalue weighted by molar-refractivity contribution is -0.166. The summed E-state index contributed by atoms with van der Waals surface area (Å²) in [5.41, 5.74) is -3.11. The number of carbonyl (C=O) groups excluding carboxylic acids is 3. The highest BCUT2D eigenvalue weighted by molar-refractivity contribution is 6.90. The average Bonchev–Trinajstić information content (AvgIpc) is 2.95. The first kappa shape index (κ1) is 34.9. The van der Waals surface area contributed by atoms with Crippen LogP contribution in [-0.4, -0.2) is 69.3 Å². The third kappa shape index (κ3) is 9.48.